The number of carbonyl (C=O) groups is 2. The molecule has 1 aliphatic rings. The molecule has 0 bridgehead atoms. The first-order valence-electron chi connectivity index (χ1n) is 10.1. The Morgan fingerprint density at radius 3 is 2.21 bits per heavy atom. The van der Waals surface area contributed by atoms with Crippen molar-refractivity contribution in [2.75, 3.05) is 45.2 Å². The van der Waals surface area contributed by atoms with E-state index in [1.807, 2.05) is 61.3 Å². The van der Waals surface area contributed by atoms with E-state index in [0.29, 0.717) is 12.1 Å². The number of amides is 2. The molecule has 1 saturated heterocycles. The summed E-state index contributed by atoms with van der Waals surface area (Å²) in [7, 11) is 3.59. The van der Waals surface area contributed by atoms with Gasteiger partial charge < -0.3 is 15.1 Å². The third-order valence-corrected chi connectivity index (χ3v) is 5.61. The fraction of sp³-hybridized carbons (Fsp3) is 0.391. The number of nitrogens with zero attached hydrogens (tertiary/aromatic N) is 3. The normalized spacial score (nSPS) is 15.3. The van der Waals surface area contributed by atoms with Gasteiger partial charge in [0.05, 0.1) is 6.04 Å². The second-order valence-corrected chi connectivity index (χ2v) is 7.52. The van der Waals surface area contributed by atoms with Crippen LogP contribution in [0.2, 0.25) is 0 Å². The Morgan fingerprint density at radius 2 is 1.62 bits per heavy atom. The van der Waals surface area contributed by atoms with Crippen molar-refractivity contribution in [3.63, 3.8) is 0 Å². The molecule has 1 unspecified atom stereocenters. The van der Waals surface area contributed by atoms with Crippen LogP contribution in [0, 0.1) is 0 Å². The molecule has 0 spiro atoms. The number of piperazine rings is 1. The lowest BCUT2D eigenvalue weighted by atomic mass is 10.1. The van der Waals surface area contributed by atoms with Gasteiger partial charge in [0.15, 0.2) is 0 Å². The van der Waals surface area contributed by atoms with E-state index in [0.717, 1.165) is 31.7 Å². The number of nitrogens with one attached hydrogen (secondary N) is 1. The summed E-state index contributed by atoms with van der Waals surface area (Å²) in [6.07, 6.45) is 0. The molecule has 0 radical (unpaired) electrons. The Labute approximate surface area is 173 Å². The lowest BCUT2D eigenvalue weighted by Crippen LogP contribution is -2.53. The molecule has 0 saturated carbocycles. The van der Waals surface area contributed by atoms with Crippen LogP contribution in [-0.4, -0.2) is 67.9 Å². The van der Waals surface area contributed by atoms with E-state index in [2.05, 4.69) is 27.2 Å². The fourth-order valence-corrected chi connectivity index (χ4v) is 3.61. The monoisotopic (exact) mass is 394 g/mol. The highest BCUT2D eigenvalue weighted by Crippen LogP contribution is 2.17. The van der Waals surface area contributed by atoms with Crippen LogP contribution in [0.4, 0.5) is 5.69 Å². The van der Waals surface area contributed by atoms with E-state index in [-0.39, 0.29) is 17.9 Å². The molecule has 1 N–H and O–H groups in total. The van der Waals surface area contributed by atoms with Crippen LogP contribution in [-0.2, 0) is 11.3 Å². The van der Waals surface area contributed by atoms with Crippen LogP contribution in [0.1, 0.15) is 22.8 Å². The molecule has 29 heavy (non-hydrogen) atoms. The molecule has 1 fully saturated rings. The Bertz CT molecular complexity index is 815. The predicted octanol–water partition coefficient (Wildman–Crippen LogP) is 2.22. The van der Waals surface area contributed by atoms with Crippen LogP contribution in [0.3, 0.4) is 0 Å². The zero-order valence-corrected chi connectivity index (χ0v) is 17.5. The standard InChI is InChI=1S/C23H30N4O2/c1-18(25(3)17-19-9-11-20(12-10-19)22(28)24-2)23(29)27-15-13-26(14-16-27)21-7-5-4-6-8-21/h4-12,18H,13-17H2,1-3H3,(H,24,28). The second-order valence-electron chi connectivity index (χ2n) is 7.52. The van der Waals surface area contributed by atoms with Crippen LogP contribution >= 0.6 is 0 Å². The van der Waals surface area contributed by atoms with Crippen molar-refractivity contribution < 1.29 is 9.59 Å². The molecular weight excluding hydrogens is 364 g/mol. The number of likely N-dealkylation sites (N-methyl/N-ethyl adjacent to an activating group) is 1. The Morgan fingerprint density at radius 1 is 1.00 bits per heavy atom. The number of rotatable bonds is 6. The summed E-state index contributed by atoms with van der Waals surface area (Å²) in [6, 6.07) is 17.7. The van der Waals surface area contributed by atoms with Gasteiger partial charge in [0.1, 0.15) is 0 Å². The summed E-state index contributed by atoms with van der Waals surface area (Å²) in [6.45, 7) is 5.81. The Hall–Kier alpha value is -2.86. The van der Waals surface area contributed by atoms with Crippen LogP contribution in [0.15, 0.2) is 54.6 Å². The van der Waals surface area contributed by atoms with E-state index in [1.54, 1.807) is 7.05 Å². The third-order valence-electron chi connectivity index (χ3n) is 5.61. The summed E-state index contributed by atoms with van der Waals surface area (Å²) in [5.74, 6) is 0.0743. The van der Waals surface area contributed by atoms with Crippen molar-refractivity contribution in [2.45, 2.75) is 19.5 Å². The number of carbonyl (C=O) groups excluding carboxylic acids is 2. The van der Waals surface area contributed by atoms with Crippen molar-refractivity contribution in [1.29, 1.82) is 0 Å². The minimum absolute atomic E-state index is 0.0944. The smallest absolute Gasteiger partial charge is 0.251 e. The molecule has 2 amide bonds. The molecule has 6 heteroatoms. The average molecular weight is 395 g/mol. The minimum atomic E-state index is -0.197. The highest BCUT2D eigenvalue weighted by molar-refractivity contribution is 5.93. The summed E-state index contributed by atoms with van der Waals surface area (Å²) in [5, 5.41) is 2.62. The van der Waals surface area contributed by atoms with Gasteiger partial charge >= 0.3 is 0 Å². The van der Waals surface area contributed by atoms with E-state index < -0.39 is 0 Å². The van der Waals surface area contributed by atoms with Gasteiger partial charge in [-0.1, -0.05) is 30.3 Å². The van der Waals surface area contributed by atoms with Crippen molar-refractivity contribution in [1.82, 2.24) is 15.1 Å². The van der Waals surface area contributed by atoms with Gasteiger partial charge in [-0.3, -0.25) is 14.5 Å². The molecular formula is C23H30N4O2. The Balaban J connectivity index is 1.52. The van der Waals surface area contributed by atoms with Gasteiger partial charge in [0.2, 0.25) is 5.91 Å². The molecule has 154 valence electrons. The minimum Gasteiger partial charge on any atom is -0.368 e. The van der Waals surface area contributed by atoms with E-state index in [4.69, 9.17) is 0 Å². The van der Waals surface area contributed by atoms with Crippen molar-refractivity contribution in [2.24, 2.45) is 0 Å². The SMILES string of the molecule is CNC(=O)c1ccc(CN(C)C(C)C(=O)N2CCN(c3ccccc3)CC2)cc1. The van der Waals surface area contributed by atoms with E-state index in [9.17, 15) is 9.59 Å². The van der Waals surface area contributed by atoms with E-state index >= 15 is 0 Å². The number of benzene rings is 2. The molecule has 6 nitrogen and oxygen atoms in total. The average Bonchev–Trinajstić information content (AvgIpc) is 2.78. The molecule has 1 heterocycles. The first-order valence-corrected chi connectivity index (χ1v) is 10.1. The third kappa shape index (κ3) is 5.15. The summed E-state index contributed by atoms with van der Waals surface area (Å²) in [4.78, 5) is 31.0. The first-order chi connectivity index (χ1) is 14.0. The number of hydrogen-bond acceptors (Lipinski definition) is 4. The highest BCUT2D eigenvalue weighted by Gasteiger charge is 2.27. The maximum absolute atomic E-state index is 13.0. The molecule has 2 aromatic rings. The lowest BCUT2D eigenvalue weighted by molar-refractivity contribution is -0.136. The summed E-state index contributed by atoms with van der Waals surface area (Å²) >= 11 is 0. The zero-order valence-electron chi connectivity index (χ0n) is 17.5. The van der Waals surface area contributed by atoms with Crippen molar-refractivity contribution >= 4 is 17.5 Å². The summed E-state index contributed by atoms with van der Waals surface area (Å²) < 4.78 is 0. The lowest BCUT2D eigenvalue weighted by Gasteiger charge is -2.38. The summed E-state index contributed by atoms with van der Waals surface area (Å²) in [5.41, 5.74) is 2.93. The number of anilines is 1. The van der Waals surface area contributed by atoms with Crippen molar-refractivity contribution in [3.8, 4) is 0 Å². The number of hydrogen-bond donors (Lipinski definition) is 1. The maximum Gasteiger partial charge on any atom is 0.251 e. The molecule has 0 aliphatic carbocycles. The quantitative estimate of drug-likeness (QED) is 0.816. The highest BCUT2D eigenvalue weighted by atomic mass is 16.2. The van der Waals surface area contributed by atoms with Gasteiger partial charge in [-0.15, -0.1) is 0 Å². The topological polar surface area (TPSA) is 55.9 Å². The molecule has 2 aromatic carbocycles. The Kier molecular flexibility index (Phi) is 6.88. The van der Waals surface area contributed by atoms with Gasteiger partial charge in [-0.05, 0) is 43.8 Å². The van der Waals surface area contributed by atoms with E-state index in [1.165, 1.54) is 5.69 Å². The van der Waals surface area contributed by atoms with Gasteiger partial charge in [-0.25, -0.2) is 0 Å². The van der Waals surface area contributed by atoms with Crippen LogP contribution in [0.25, 0.3) is 0 Å². The molecule has 0 aromatic heterocycles. The van der Waals surface area contributed by atoms with Crippen LogP contribution < -0.4 is 10.2 Å². The number of para-hydroxylation sites is 1. The molecule has 1 atom stereocenters. The second kappa shape index (κ2) is 9.56. The van der Waals surface area contributed by atoms with Crippen molar-refractivity contribution in [3.05, 3.63) is 65.7 Å². The fourth-order valence-electron chi connectivity index (χ4n) is 3.61. The van der Waals surface area contributed by atoms with Crippen LogP contribution in [0.5, 0.6) is 0 Å². The maximum atomic E-state index is 13.0. The first kappa shape index (κ1) is 20.9. The van der Waals surface area contributed by atoms with Gasteiger partial charge in [0.25, 0.3) is 5.91 Å². The van der Waals surface area contributed by atoms with Gasteiger partial charge in [-0.2, -0.15) is 0 Å². The predicted molar refractivity (Wildman–Crippen MR) is 116 cm³/mol. The largest absolute Gasteiger partial charge is 0.368 e. The zero-order chi connectivity index (χ0) is 20.8. The molecule has 1 aliphatic heterocycles. The molecule has 3 rings (SSSR count). The van der Waals surface area contributed by atoms with Gasteiger partial charge in [0, 0.05) is 51.0 Å².